The largest absolute Gasteiger partial charge is 0.508 e. The number of rotatable bonds is 6. The highest BCUT2D eigenvalue weighted by Crippen LogP contribution is 2.61. The molecule has 296 valence electrons. The van der Waals surface area contributed by atoms with Crippen molar-refractivity contribution < 1.29 is 59.5 Å². The summed E-state index contributed by atoms with van der Waals surface area (Å²) in [6.07, 6.45) is 4.61. The molecule has 0 amide bonds. The number of allylic oxidation sites excluding steroid dienone is 3. The average Bonchev–Trinajstić information content (AvgIpc) is 3.37. The maximum atomic E-state index is 15.1. The molecule has 4 aromatic rings. The minimum Gasteiger partial charge on any atom is -0.508 e. The van der Waals surface area contributed by atoms with Crippen molar-refractivity contribution in [1.82, 2.24) is 0 Å². The fourth-order valence-corrected chi connectivity index (χ4v) is 9.05. The summed E-state index contributed by atoms with van der Waals surface area (Å²) >= 11 is 0. The van der Waals surface area contributed by atoms with Gasteiger partial charge in [0.1, 0.15) is 62.9 Å². The topological polar surface area (TPSA) is 203 Å². The number of aromatic hydroxyl groups is 6. The maximum absolute atomic E-state index is 15.1. The number of hydrogen-bond donors (Lipinski definition) is 7. The molecule has 8 rings (SSSR count). The molecule has 5 unspecified atom stereocenters. The molecular weight excluding hydrogens is 732 g/mol. The van der Waals surface area contributed by atoms with Crippen molar-refractivity contribution in [3.05, 3.63) is 111 Å². The first-order valence-electron chi connectivity index (χ1n) is 18.8. The Morgan fingerprint density at radius 2 is 1.56 bits per heavy atom. The summed E-state index contributed by atoms with van der Waals surface area (Å²) in [7, 11) is 0. The first kappa shape index (κ1) is 37.8. The number of ketones is 2. The molecule has 57 heavy (non-hydrogen) atoms. The summed E-state index contributed by atoms with van der Waals surface area (Å²) in [4.78, 5) is 29.8. The molecule has 0 bridgehead atoms. The smallest absolute Gasteiger partial charge is 0.318 e. The van der Waals surface area contributed by atoms with E-state index in [1.165, 1.54) is 36.4 Å². The van der Waals surface area contributed by atoms with Gasteiger partial charge in [-0.2, -0.15) is 0 Å². The Bertz CT molecular complexity index is 2460. The summed E-state index contributed by atoms with van der Waals surface area (Å²) in [5.74, 6) is -9.73. The van der Waals surface area contributed by atoms with Crippen molar-refractivity contribution in [2.75, 3.05) is 0 Å². The third-order valence-electron chi connectivity index (χ3n) is 11.8. The highest BCUT2D eigenvalue weighted by Gasteiger charge is 2.70. The lowest BCUT2D eigenvalue weighted by Crippen LogP contribution is -2.62. The van der Waals surface area contributed by atoms with Gasteiger partial charge in [0.15, 0.2) is 5.78 Å². The molecule has 0 radical (unpaired) electrons. The Morgan fingerprint density at radius 3 is 2.28 bits per heavy atom. The lowest BCUT2D eigenvalue weighted by Gasteiger charge is -2.43. The zero-order chi connectivity index (χ0) is 40.9. The van der Waals surface area contributed by atoms with Crippen LogP contribution in [-0.4, -0.2) is 58.7 Å². The Labute approximate surface area is 328 Å². The van der Waals surface area contributed by atoms with Gasteiger partial charge in [-0.05, 0) is 89.8 Å². The summed E-state index contributed by atoms with van der Waals surface area (Å²) < 4.78 is 18.5. The molecule has 4 aromatic carbocycles. The number of carbonyl (C=O) groups excluding carboxylic acids is 2. The number of phenols is 6. The number of carbonyl (C=O) groups is 2. The van der Waals surface area contributed by atoms with E-state index in [0.717, 1.165) is 17.7 Å². The number of fused-ring (bicyclic) bond motifs is 5. The molecule has 4 aliphatic rings. The Morgan fingerprint density at radius 1 is 0.842 bits per heavy atom. The van der Waals surface area contributed by atoms with E-state index in [-0.39, 0.29) is 64.0 Å². The van der Waals surface area contributed by atoms with Crippen molar-refractivity contribution in [3.8, 4) is 51.7 Å². The number of aliphatic hydroxyl groups is 1. The first-order valence-corrected chi connectivity index (χ1v) is 18.8. The molecule has 0 aromatic heterocycles. The van der Waals surface area contributed by atoms with Gasteiger partial charge in [0.2, 0.25) is 11.4 Å². The minimum atomic E-state index is -2.74. The number of hydrogen-bond acceptors (Lipinski definition) is 12. The highest BCUT2D eigenvalue weighted by atomic mass is 16.7. The van der Waals surface area contributed by atoms with Gasteiger partial charge in [-0.1, -0.05) is 29.4 Å². The van der Waals surface area contributed by atoms with E-state index < -0.39 is 63.4 Å². The van der Waals surface area contributed by atoms with Gasteiger partial charge in [-0.15, -0.1) is 0 Å². The van der Waals surface area contributed by atoms with Crippen LogP contribution in [0.4, 0.5) is 0 Å². The molecular formula is C45H44O12. The summed E-state index contributed by atoms with van der Waals surface area (Å²) in [6.45, 7) is 9.30. The van der Waals surface area contributed by atoms with Crippen molar-refractivity contribution in [1.29, 1.82) is 0 Å². The Balaban J connectivity index is 1.31. The predicted molar refractivity (Wildman–Crippen MR) is 207 cm³/mol. The fourth-order valence-electron chi connectivity index (χ4n) is 9.05. The van der Waals surface area contributed by atoms with Crippen LogP contribution in [0.3, 0.4) is 0 Å². The molecule has 0 spiro atoms. The summed E-state index contributed by atoms with van der Waals surface area (Å²) in [6, 6.07) is 12.4. The van der Waals surface area contributed by atoms with Crippen molar-refractivity contribution in [3.63, 3.8) is 0 Å². The molecule has 12 heteroatoms. The van der Waals surface area contributed by atoms with Crippen LogP contribution in [-0.2, 0) is 12.0 Å². The van der Waals surface area contributed by atoms with Gasteiger partial charge in [0, 0.05) is 59.1 Å². The van der Waals surface area contributed by atoms with Crippen LogP contribution in [0.5, 0.6) is 51.7 Å². The van der Waals surface area contributed by atoms with Crippen molar-refractivity contribution in [2.24, 2.45) is 5.92 Å². The number of phenolic OH excluding ortho intramolecular Hbond substituents is 6. The normalized spacial score (nSPS) is 25.3. The van der Waals surface area contributed by atoms with Crippen LogP contribution in [0.25, 0.3) is 0 Å². The number of ether oxygens (including phenoxy) is 3. The number of Topliss-reactive ketones (excluding diaryl/α,β-unsaturated/α-hetero) is 2. The Hall–Kier alpha value is -6.14. The van der Waals surface area contributed by atoms with E-state index in [1.54, 1.807) is 25.1 Å². The van der Waals surface area contributed by atoms with Gasteiger partial charge in [-0.25, -0.2) is 0 Å². The van der Waals surface area contributed by atoms with Crippen LogP contribution >= 0.6 is 0 Å². The van der Waals surface area contributed by atoms with Crippen LogP contribution in [0, 0.1) is 5.92 Å². The van der Waals surface area contributed by atoms with Gasteiger partial charge in [-0.3, -0.25) is 9.59 Å². The summed E-state index contributed by atoms with van der Waals surface area (Å²) in [5, 5.41) is 79.7. The molecule has 0 saturated carbocycles. The number of benzene rings is 4. The second-order valence-corrected chi connectivity index (χ2v) is 16.5. The molecule has 0 fully saturated rings. The Kier molecular flexibility index (Phi) is 8.58. The second kappa shape index (κ2) is 13.0. The fraction of sp³-hybridized carbons (Fsp3) is 0.333. The van der Waals surface area contributed by atoms with Crippen molar-refractivity contribution >= 4 is 11.6 Å². The predicted octanol–water partition coefficient (Wildman–Crippen LogP) is 7.65. The van der Waals surface area contributed by atoms with Crippen molar-refractivity contribution in [2.45, 2.75) is 89.1 Å². The standard InChI is InChI=1S/C45H44O12/c1-21(2)12-15-44-30-10-7-24(47)19-34(30)57-45(44,54)42(53)38-35(56-44)20-32(49)37(41(38)52)29-17-22(3)16-28(25-8-6-23(46)18-31(25)48)36(29)40(51)27-9-11-33-26(39(27)50)13-14-43(4,5)55-33/h6-12,17-20,28-29,36,46-50,52,54H,13-16H2,1-5H3. The van der Waals surface area contributed by atoms with Crippen LogP contribution < -0.4 is 14.2 Å². The lowest BCUT2D eigenvalue weighted by atomic mass is 9.64. The zero-order valence-electron chi connectivity index (χ0n) is 32.1. The van der Waals surface area contributed by atoms with E-state index in [0.29, 0.717) is 35.3 Å². The first-order chi connectivity index (χ1) is 26.9. The lowest BCUT2D eigenvalue weighted by molar-refractivity contribution is -0.201. The third kappa shape index (κ3) is 5.76. The average molecular weight is 777 g/mol. The van der Waals surface area contributed by atoms with E-state index in [2.05, 4.69) is 0 Å². The SMILES string of the molecule is CC(C)=CCC12Oc3cc(O)c(C4C=C(C)CC(c5ccc(O)cc5O)C4C(=O)c4ccc5c(c4O)CCC(C)(C)O5)c(O)c3C(=O)C1(O)Oc1cc(O)ccc12. The van der Waals surface area contributed by atoms with Gasteiger partial charge in [0.05, 0.1) is 5.56 Å². The molecule has 1 aliphatic carbocycles. The second-order valence-electron chi connectivity index (χ2n) is 16.5. The van der Waals surface area contributed by atoms with Gasteiger partial charge >= 0.3 is 5.79 Å². The van der Waals surface area contributed by atoms with Crippen LogP contribution in [0.2, 0.25) is 0 Å². The van der Waals surface area contributed by atoms with E-state index in [9.17, 15) is 40.5 Å². The monoisotopic (exact) mass is 776 g/mol. The van der Waals surface area contributed by atoms with Crippen LogP contribution in [0.15, 0.2) is 77.9 Å². The van der Waals surface area contributed by atoms with Gasteiger partial charge in [0.25, 0.3) is 0 Å². The highest BCUT2D eigenvalue weighted by molar-refractivity contribution is 6.09. The molecule has 3 aliphatic heterocycles. The van der Waals surface area contributed by atoms with E-state index in [4.69, 9.17) is 14.2 Å². The third-order valence-corrected chi connectivity index (χ3v) is 11.8. The molecule has 5 atom stereocenters. The molecule has 7 N–H and O–H groups in total. The minimum absolute atomic E-state index is 0.0170. The molecule has 12 nitrogen and oxygen atoms in total. The molecule has 0 saturated heterocycles. The van der Waals surface area contributed by atoms with E-state index in [1.807, 2.05) is 27.7 Å². The quantitative estimate of drug-likeness (QED) is 0.0746. The zero-order valence-corrected chi connectivity index (χ0v) is 32.1. The molecule has 3 heterocycles. The van der Waals surface area contributed by atoms with Gasteiger partial charge < -0.3 is 50.0 Å². The van der Waals surface area contributed by atoms with E-state index >= 15 is 4.79 Å². The summed E-state index contributed by atoms with van der Waals surface area (Å²) in [5.41, 5.74) is -0.594. The van der Waals surface area contributed by atoms with Crippen LogP contribution in [0.1, 0.15) is 109 Å². The maximum Gasteiger partial charge on any atom is 0.318 e.